The first-order valence-electron chi connectivity index (χ1n) is 14.2. The summed E-state index contributed by atoms with van der Waals surface area (Å²) in [5.41, 5.74) is 0. The molecule has 0 saturated heterocycles. The van der Waals surface area contributed by atoms with Gasteiger partial charge in [-0.1, -0.05) is 148 Å². The lowest BCUT2D eigenvalue weighted by atomic mass is 10.0. The average molecular weight is 443 g/mol. The molecule has 0 fully saturated rings. The van der Waals surface area contributed by atoms with Crippen LogP contribution in [0.4, 0.5) is 0 Å². The van der Waals surface area contributed by atoms with E-state index in [1.807, 2.05) is 0 Å². The van der Waals surface area contributed by atoms with E-state index >= 15 is 0 Å². The van der Waals surface area contributed by atoms with Crippen molar-refractivity contribution < 1.29 is 14.9 Å². The Kier molecular flexibility index (Phi) is 27.8. The van der Waals surface area contributed by atoms with Crippen LogP contribution in [0.1, 0.15) is 155 Å². The van der Waals surface area contributed by atoms with Crippen LogP contribution in [0.2, 0.25) is 0 Å². The Hall–Kier alpha value is -0.120. The van der Waals surface area contributed by atoms with E-state index in [4.69, 9.17) is 14.9 Å². The van der Waals surface area contributed by atoms with Gasteiger partial charge in [0, 0.05) is 6.61 Å². The minimum atomic E-state index is -0.718. The number of hydrogen-bond donors (Lipinski definition) is 2. The predicted octanol–water partition coefficient (Wildman–Crippen LogP) is 8.35. The lowest BCUT2D eigenvalue weighted by Gasteiger charge is -2.08. The molecule has 0 saturated carbocycles. The SMILES string of the molecule is CCCCCCCCCCCCCCCCCCCCCCCCCOCC(O)CO. The van der Waals surface area contributed by atoms with Crippen LogP contribution in [0.15, 0.2) is 0 Å². The van der Waals surface area contributed by atoms with Gasteiger partial charge in [-0.05, 0) is 6.42 Å². The molecular formula is C28H58O3. The second kappa shape index (κ2) is 27.9. The lowest BCUT2D eigenvalue weighted by Crippen LogP contribution is -2.19. The van der Waals surface area contributed by atoms with E-state index in [0.29, 0.717) is 6.61 Å². The molecule has 0 rings (SSSR count). The van der Waals surface area contributed by atoms with E-state index < -0.39 is 6.10 Å². The molecular weight excluding hydrogens is 384 g/mol. The topological polar surface area (TPSA) is 49.7 Å². The molecule has 0 aliphatic rings. The van der Waals surface area contributed by atoms with Gasteiger partial charge >= 0.3 is 0 Å². The molecule has 0 radical (unpaired) electrons. The first kappa shape index (κ1) is 30.9. The van der Waals surface area contributed by atoms with Crippen LogP contribution in [-0.2, 0) is 4.74 Å². The van der Waals surface area contributed by atoms with E-state index in [0.717, 1.165) is 6.42 Å². The first-order valence-corrected chi connectivity index (χ1v) is 14.2. The molecule has 0 aliphatic heterocycles. The van der Waals surface area contributed by atoms with Crippen LogP contribution in [0.5, 0.6) is 0 Å². The maximum absolute atomic E-state index is 9.17. The van der Waals surface area contributed by atoms with Crippen molar-refractivity contribution in [3.8, 4) is 0 Å². The molecule has 0 bridgehead atoms. The van der Waals surface area contributed by atoms with Gasteiger partial charge in [0.05, 0.1) is 13.2 Å². The van der Waals surface area contributed by atoms with Crippen LogP contribution < -0.4 is 0 Å². The van der Waals surface area contributed by atoms with E-state index in [1.165, 1.54) is 141 Å². The van der Waals surface area contributed by atoms with E-state index in [9.17, 15) is 0 Å². The Morgan fingerprint density at radius 2 is 0.774 bits per heavy atom. The summed E-state index contributed by atoms with van der Waals surface area (Å²) >= 11 is 0. The summed E-state index contributed by atoms with van der Waals surface area (Å²) in [4.78, 5) is 0. The van der Waals surface area contributed by atoms with Crippen LogP contribution in [0, 0.1) is 0 Å². The van der Waals surface area contributed by atoms with Crippen molar-refractivity contribution in [1.82, 2.24) is 0 Å². The molecule has 0 aromatic carbocycles. The highest BCUT2D eigenvalue weighted by Crippen LogP contribution is 2.15. The number of unbranched alkanes of at least 4 members (excludes halogenated alkanes) is 22. The van der Waals surface area contributed by atoms with Gasteiger partial charge in [0.2, 0.25) is 0 Å². The number of aliphatic hydroxyl groups is 2. The van der Waals surface area contributed by atoms with Crippen molar-refractivity contribution >= 4 is 0 Å². The van der Waals surface area contributed by atoms with Crippen molar-refractivity contribution in [2.75, 3.05) is 19.8 Å². The maximum atomic E-state index is 9.17. The zero-order valence-corrected chi connectivity index (χ0v) is 21.3. The highest BCUT2D eigenvalue weighted by Gasteiger charge is 2.00. The van der Waals surface area contributed by atoms with Gasteiger partial charge in [-0.2, -0.15) is 0 Å². The molecule has 3 nitrogen and oxygen atoms in total. The van der Waals surface area contributed by atoms with Crippen LogP contribution in [0.3, 0.4) is 0 Å². The Morgan fingerprint density at radius 1 is 0.484 bits per heavy atom. The summed E-state index contributed by atoms with van der Waals surface area (Å²) in [5, 5.41) is 17.9. The summed E-state index contributed by atoms with van der Waals surface area (Å²) < 4.78 is 5.32. The van der Waals surface area contributed by atoms with Gasteiger partial charge in [0.15, 0.2) is 0 Å². The van der Waals surface area contributed by atoms with Crippen LogP contribution >= 0.6 is 0 Å². The largest absolute Gasteiger partial charge is 0.394 e. The minimum Gasteiger partial charge on any atom is -0.394 e. The Morgan fingerprint density at radius 3 is 1.06 bits per heavy atom. The van der Waals surface area contributed by atoms with E-state index in [2.05, 4.69) is 6.92 Å². The Labute approximate surface area is 195 Å². The van der Waals surface area contributed by atoms with Gasteiger partial charge in [-0.15, -0.1) is 0 Å². The number of ether oxygens (including phenoxy) is 1. The molecule has 0 aliphatic carbocycles. The van der Waals surface area contributed by atoms with Crippen LogP contribution in [0.25, 0.3) is 0 Å². The normalized spacial score (nSPS) is 12.5. The smallest absolute Gasteiger partial charge is 0.100 e. The summed E-state index contributed by atoms with van der Waals surface area (Å²) in [6, 6.07) is 0. The number of hydrogen-bond acceptors (Lipinski definition) is 3. The predicted molar refractivity (Wildman–Crippen MR) is 136 cm³/mol. The van der Waals surface area contributed by atoms with Gasteiger partial charge < -0.3 is 14.9 Å². The first-order chi connectivity index (χ1) is 15.3. The summed E-state index contributed by atoms with van der Waals surface area (Å²) in [6.45, 7) is 3.05. The molecule has 1 unspecified atom stereocenters. The minimum absolute atomic E-state index is 0.209. The van der Waals surface area contributed by atoms with Crippen molar-refractivity contribution in [2.24, 2.45) is 0 Å². The van der Waals surface area contributed by atoms with E-state index in [1.54, 1.807) is 0 Å². The molecule has 188 valence electrons. The van der Waals surface area contributed by atoms with Crippen molar-refractivity contribution in [3.63, 3.8) is 0 Å². The molecule has 31 heavy (non-hydrogen) atoms. The second-order valence-electron chi connectivity index (χ2n) is 9.69. The molecule has 0 spiro atoms. The van der Waals surface area contributed by atoms with Crippen molar-refractivity contribution in [2.45, 2.75) is 161 Å². The molecule has 1 atom stereocenters. The average Bonchev–Trinajstić information content (AvgIpc) is 2.78. The van der Waals surface area contributed by atoms with Crippen molar-refractivity contribution in [1.29, 1.82) is 0 Å². The Bertz CT molecular complexity index is 309. The van der Waals surface area contributed by atoms with Gasteiger partial charge in [-0.3, -0.25) is 0 Å². The number of aliphatic hydroxyl groups excluding tert-OH is 2. The Balaban J connectivity index is 3.01. The fraction of sp³-hybridized carbons (Fsp3) is 1.00. The third-order valence-corrected chi connectivity index (χ3v) is 6.41. The third kappa shape index (κ3) is 27.8. The molecule has 3 heteroatoms. The quantitative estimate of drug-likeness (QED) is 0.126. The number of rotatable bonds is 27. The second-order valence-corrected chi connectivity index (χ2v) is 9.69. The molecule has 0 aromatic rings. The maximum Gasteiger partial charge on any atom is 0.100 e. The molecule has 2 N–H and O–H groups in total. The molecule has 0 heterocycles. The summed E-state index contributed by atoms with van der Waals surface area (Å²) in [6.07, 6.45) is 31.6. The highest BCUT2D eigenvalue weighted by molar-refractivity contribution is 4.52. The summed E-state index contributed by atoms with van der Waals surface area (Å²) in [5.74, 6) is 0. The monoisotopic (exact) mass is 442 g/mol. The zero-order chi connectivity index (χ0) is 22.7. The standard InChI is InChI=1S/C28H58O3/c1-2-3-4-5-6-7-8-9-10-11-12-13-14-15-16-17-18-19-20-21-22-23-24-25-31-27-28(30)26-29/h28-30H,2-27H2,1H3. The van der Waals surface area contributed by atoms with Gasteiger partial charge in [-0.25, -0.2) is 0 Å². The lowest BCUT2D eigenvalue weighted by molar-refractivity contribution is 0.00526. The fourth-order valence-electron chi connectivity index (χ4n) is 4.26. The highest BCUT2D eigenvalue weighted by atomic mass is 16.5. The fourth-order valence-corrected chi connectivity index (χ4v) is 4.26. The van der Waals surface area contributed by atoms with Crippen LogP contribution in [-0.4, -0.2) is 36.1 Å². The zero-order valence-electron chi connectivity index (χ0n) is 21.3. The molecule has 0 amide bonds. The van der Waals surface area contributed by atoms with Crippen molar-refractivity contribution in [3.05, 3.63) is 0 Å². The summed E-state index contributed by atoms with van der Waals surface area (Å²) in [7, 11) is 0. The van der Waals surface area contributed by atoms with Gasteiger partial charge in [0.25, 0.3) is 0 Å². The van der Waals surface area contributed by atoms with Gasteiger partial charge in [0.1, 0.15) is 6.10 Å². The third-order valence-electron chi connectivity index (χ3n) is 6.41. The van der Waals surface area contributed by atoms with E-state index in [-0.39, 0.29) is 13.2 Å². The molecule has 0 aromatic heterocycles.